The standard InChI is InChI=1S/C22H18Cl2N2O2/c23-19-7-6-16(20(24)14-19)8-11-25-21(27)15-26-12-9-18(10-13-26)22(28)17-4-2-1-3-5-17/h1-7,9-10,12-14H,8,11,15H2/p+1. The number of amides is 1. The Morgan fingerprint density at radius 3 is 2.25 bits per heavy atom. The molecule has 4 nitrogen and oxygen atoms in total. The Morgan fingerprint density at radius 2 is 1.57 bits per heavy atom. The lowest BCUT2D eigenvalue weighted by atomic mass is 10.0. The highest BCUT2D eigenvalue weighted by Gasteiger charge is 2.13. The van der Waals surface area contributed by atoms with Crippen LogP contribution in [0.15, 0.2) is 73.1 Å². The predicted molar refractivity (Wildman–Crippen MR) is 110 cm³/mol. The molecule has 142 valence electrons. The molecule has 1 aromatic heterocycles. The monoisotopic (exact) mass is 413 g/mol. The number of pyridine rings is 1. The number of rotatable bonds is 7. The summed E-state index contributed by atoms with van der Waals surface area (Å²) in [7, 11) is 0. The van der Waals surface area contributed by atoms with Crippen LogP contribution in [-0.4, -0.2) is 18.2 Å². The van der Waals surface area contributed by atoms with Gasteiger partial charge in [-0.25, -0.2) is 0 Å². The van der Waals surface area contributed by atoms with Crippen molar-refractivity contribution in [1.29, 1.82) is 0 Å². The average Bonchev–Trinajstić information content (AvgIpc) is 2.70. The molecule has 0 saturated heterocycles. The van der Waals surface area contributed by atoms with Crippen LogP contribution in [0.1, 0.15) is 21.5 Å². The van der Waals surface area contributed by atoms with E-state index in [9.17, 15) is 9.59 Å². The summed E-state index contributed by atoms with van der Waals surface area (Å²) in [6.45, 7) is 0.652. The molecule has 1 N–H and O–H groups in total. The second-order valence-corrected chi connectivity index (χ2v) is 7.13. The molecule has 0 saturated carbocycles. The van der Waals surface area contributed by atoms with E-state index >= 15 is 0 Å². The molecule has 0 radical (unpaired) electrons. The van der Waals surface area contributed by atoms with Gasteiger partial charge < -0.3 is 5.32 Å². The van der Waals surface area contributed by atoms with E-state index in [-0.39, 0.29) is 18.2 Å². The van der Waals surface area contributed by atoms with Gasteiger partial charge in [0.05, 0.1) is 0 Å². The van der Waals surface area contributed by atoms with Gasteiger partial charge in [0.15, 0.2) is 18.2 Å². The molecule has 0 atom stereocenters. The molecule has 0 spiro atoms. The molecule has 6 heteroatoms. The Morgan fingerprint density at radius 1 is 0.893 bits per heavy atom. The summed E-state index contributed by atoms with van der Waals surface area (Å²) < 4.78 is 1.73. The summed E-state index contributed by atoms with van der Waals surface area (Å²) in [5.74, 6) is -0.158. The maximum atomic E-state index is 12.4. The molecule has 3 rings (SSSR count). The molecule has 0 unspecified atom stereocenters. The first kappa shape index (κ1) is 20.1. The molecule has 1 heterocycles. The first-order chi connectivity index (χ1) is 13.5. The highest BCUT2D eigenvalue weighted by molar-refractivity contribution is 6.35. The van der Waals surface area contributed by atoms with Gasteiger partial charge in [0.1, 0.15) is 0 Å². The number of carbonyl (C=O) groups excluding carboxylic acids is 2. The smallest absolute Gasteiger partial charge is 0.285 e. The zero-order chi connectivity index (χ0) is 19.9. The van der Waals surface area contributed by atoms with Gasteiger partial charge in [-0.1, -0.05) is 59.6 Å². The summed E-state index contributed by atoms with van der Waals surface area (Å²) in [4.78, 5) is 24.5. The topological polar surface area (TPSA) is 50.0 Å². The van der Waals surface area contributed by atoms with Crippen molar-refractivity contribution >= 4 is 34.9 Å². The van der Waals surface area contributed by atoms with Gasteiger partial charge in [-0.2, -0.15) is 4.57 Å². The van der Waals surface area contributed by atoms with E-state index < -0.39 is 0 Å². The minimum Gasteiger partial charge on any atom is -0.350 e. The van der Waals surface area contributed by atoms with Gasteiger partial charge in [-0.3, -0.25) is 9.59 Å². The zero-order valence-corrected chi connectivity index (χ0v) is 16.6. The molecule has 28 heavy (non-hydrogen) atoms. The Bertz CT molecular complexity index is 974. The van der Waals surface area contributed by atoms with E-state index in [4.69, 9.17) is 23.2 Å². The summed E-state index contributed by atoms with van der Waals surface area (Å²) in [6, 6.07) is 17.9. The minimum atomic E-state index is -0.114. The quantitative estimate of drug-likeness (QED) is 0.472. The van der Waals surface area contributed by atoms with Gasteiger partial charge in [0, 0.05) is 39.8 Å². The highest BCUT2D eigenvalue weighted by Crippen LogP contribution is 2.21. The normalized spacial score (nSPS) is 10.5. The lowest BCUT2D eigenvalue weighted by Crippen LogP contribution is -2.43. The van der Waals surface area contributed by atoms with Crippen LogP contribution >= 0.6 is 23.2 Å². The fraction of sp³-hybridized carbons (Fsp3) is 0.136. The number of carbonyl (C=O) groups is 2. The number of benzene rings is 2. The van der Waals surface area contributed by atoms with Crippen LogP contribution in [0, 0.1) is 0 Å². The van der Waals surface area contributed by atoms with Gasteiger partial charge in [0.25, 0.3) is 5.91 Å². The third-order valence-corrected chi connectivity index (χ3v) is 4.83. The van der Waals surface area contributed by atoms with E-state index in [0.717, 1.165) is 5.56 Å². The average molecular weight is 414 g/mol. The van der Waals surface area contributed by atoms with Crippen LogP contribution in [0.25, 0.3) is 0 Å². The summed E-state index contributed by atoms with van der Waals surface area (Å²) >= 11 is 12.0. The van der Waals surface area contributed by atoms with Crippen LogP contribution in [0.2, 0.25) is 10.0 Å². The molecule has 0 aliphatic carbocycles. The van der Waals surface area contributed by atoms with Crippen LogP contribution in [0.4, 0.5) is 0 Å². The number of ketones is 1. The summed E-state index contributed by atoms with van der Waals surface area (Å²) in [6.07, 6.45) is 4.08. The molecule has 0 aliphatic heterocycles. The number of nitrogens with zero attached hydrogens (tertiary/aromatic N) is 1. The van der Waals surface area contributed by atoms with E-state index in [0.29, 0.717) is 34.1 Å². The number of nitrogens with one attached hydrogen (secondary N) is 1. The second kappa shape index (κ2) is 9.49. The van der Waals surface area contributed by atoms with Crippen LogP contribution in [0.5, 0.6) is 0 Å². The lowest BCUT2D eigenvalue weighted by Gasteiger charge is -2.06. The van der Waals surface area contributed by atoms with Crippen molar-refractivity contribution in [2.45, 2.75) is 13.0 Å². The number of aromatic nitrogens is 1. The van der Waals surface area contributed by atoms with Crippen molar-refractivity contribution in [2.75, 3.05) is 6.54 Å². The molecule has 2 aromatic carbocycles. The molecule has 3 aromatic rings. The summed E-state index contributed by atoms with van der Waals surface area (Å²) in [5.41, 5.74) is 2.15. The van der Waals surface area contributed by atoms with Crippen molar-refractivity contribution in [3.63, 3.8) is 0 Å². The number of halogens is 2. The van der Waals surface area contributed by atoms with Gasteiger partial charge >= 0.3 is 0 Å². The fourth-order valence-electron chi connectivity index (χ4n) is 2.75. The van der Waals surface area contributed by atoms with Crippen molar-refractivity contribution < 1.29 is 14.2 Å². The van der Waals surface area contributed by atoms with Crippen LogP contribution in [-0.2, 0) is 17.8 Å². The molecule has 1 amide bonds. The Labute approximate surface area is 173 Å². The van der Waals surface area contributed by atoms with Crippen molar-refractivity contribution in [3.8, 4) is 0 Å². The highest BCUT2D eigenvalue weighted by atomic mass is 35.5. The SMILES string of the molecule is O=C(C[n+]1ccc(C(=O)c2ccccc2)cc1)NCCc1ccc(Cl)cc1Cl. The summed E-state index contributed by atoms with van der Waals surface area (Å²) in [5, 5.41) is 4.05. The van der Waals surface area contributed by atoms with E-state index in [1.165, 1.54) is 0 Å². The fourth-order valence-corrected chi connectivity index (χ4v) is 3.26. The number of hydrogen-bond donors (Lipinski definition) is 1. The molecule has 0 aliphatic rings. The van der Waals surface area contributed by atoms with Crippen LogP contribution < -0.4 is 9.88 Å². The Hall–Kier alpha value is -2.69. The van der Waals surface area contributed by atoms with Crippen molar-refractivity contribution in [2.24, 2.45) is 0 Å². The Balaban J connectivity index is 1.51. The van der Waals surface area contributed by atoms with Crippen LogP contribution in [0.3, 0.4) is 0 Å². The zero-order valence-electron chi connectivity index (χ0n) is 15.1. The maximum Gasteiger partial charge on any atom is 0.285 e. The van der Waals surface area contributed by atoms with E-state index in [1.54, 1.807) is 53.4 Å². The maximum absolute atomic E-state index is 12.4. The van der Waals surface area contributed by atoms with E-state index in [1.807, 2.05) is 24.3 Å². The second-order valence-electron chi connectivity index (χ2n) is 6.29. The third-order valence-electron chi connectivity index (χ3n) is 4.25. The molecular weight excluding hydrogens is 395 g/mol. The largest absolute Gasteiger partial charge is 0.350 e. The molecular formula is C22H19Cl2N2O2+. The van der Waals surface area contributed by atoms with Gasteiger partial charge in [-0.15, -0.1) is 0 Å². The molecule has 0 fully saturated rings. The minimum absolute atomic E-state index is 0.0444. The first-order valence-corrected chi connectivity index (χ1v) is 9.58. The first-order valence-electron chi connectivity index (χ1n) is 8.82. The Kier molecular flexibility index (Phi) is 6.80. The van der Waals surface area contributed by atoms with Crippen molar-refractivity contribution in [3.05, 3.63) is 99.8 Å². The van der Waals surface area contributed by atoms with Gasteiger partial charge in [0.2, 0.25) is 6.54 Å². The predicted octanol–water partition coefficient (Wildman–Crippen LogP) is 3.87. The van der Waals surface area contributed by atoms with Crippen molar-refractivity contribution in [1.82, 2.24) is 5.32 Å². The van der Waals surface area contributed by atoms with Gasteiger partial charge in [-0.05, 0) is 24.1 Å². The number of hydrogen-bond acceptors (Lipinski definition) is 2. The van der Waals surface area contributed by atoms with E-state index in [2.05, 4.69) is 5.32 Å². The lowest BCUT2D eigenvalue weighted by molar-refractivity contribution is -0.684. The third kappa shape index (κ3) is 5.41. The molecule has 0 bridgehead atoms.